The minimum absolute atomic E-state index is 0.242. The van der Waals surface area contributed by atoms with E-state index in [0.29, 0.717) is 12.5 Å². The number of nitrogens with zero attached hydrogens (tertiary/aromatic N) is 3. The van der Waals surface area contributed by atoms with Crippen LogP contribution in [-0.4, -0.2) is 29.0 Å². The summed E-state index contributed by atoms with van der Waals surface area (Å²) in [6, 6.07) is 1.78. The van der Waals surface area contributed by atoms with Crippen molar-refractivity contribution in [1.29, 1.82) is 0 Å². The summed E-state index contributed by atoms with van der Waals surface area (Å²) in [4.78, 5) is 21.8. The molecule has 5 nitrogen and oxygen atoms in total. The van der Waals surface area contributed by atoms with Gasteiger partial charge in [0.25, 0.3) is 0 Å². The molecule has 0 radical (unpaired) electrons. The first kappa shape index (κ1) is 10.9. The largest absolute Gasteiger partial charge is 0.369 e. The second-order valence-corrected chi connectivity index (χ2v) is 4.50. The maximum absolute atomic E-state index is 11.4. The van der Waals surface area contributed by atoms with E-state index < -0.39 is 5.41 Å². The van der Waals surface area contributed by atoms with Gasteiger partial charge in [0.05, 0.1) is 5.41 Å². The number of aromatic nitrogens is 2. The number of rotatable bonds is 2. The average molecular weight is 220 g/mol. The Labute approximate surface area is 94.7 Å². The van der Waals surface area contributed by atoms with E-state index in [1.807, 2.05) is 11.8 Å². The van der Waals surface area contributed by atoms with Crippen LogP contribution >= 0.6 is 0 Å². The summed E-state index contributed by atoms with van der Waals surface area (Å²) in [6.45, 7) is 3.39. The molecule has 86 valence electrons. The molecule has 0 unspecified atom stereocenters. The number of hydrogen-bond acceptors (Lipinski definition) is 4. The van der Waals surface area contributed by atoms with Crippen molar-refractivity contribution in [3.8, 4) is 0 Å². The van der Waals surface area contributed by atoms with Crippen molar-refractivity contribution >= 4 is 11.9 Å². The quantitative estimate of drug-likeness (QED) is 0.790. The van der Waals surface area contributed by atoms with Crippen molar-refractivity contribution in [1.82, 2.24) is 9.97 Å². The zero-order valence-corrected chi connectivity index (χ0v) is 9.39. The molecular formula is C11H16N4O. The van der Waals surface area contributed by atoms with Crippen LogP contribution < -0.4 is 10.6 Å². The van der Waals surface area contributed by atoms with Gasteiger partial charge in [-0.3, -0.25) is 4.79 Å². The van der Waals surface area contributed by atoms with Gasteiger partial charge in [0.2, 0.25) is 11.9 Å². The topological polar surface area (TPSA) is 72.1 Å². The van der Waals surface area contributed by atoms with E-state index >= 15 is 0 Å². The lowest BCUT2D eigenvalue weighted by molar-refractivity contribution is -0.127. The molecule has 1 aromatic heterocycles. The average Bonchev–Trinajstić information content (AvgIpc) is 2.30. The third kappa shape index (κ3) is 1.98. The molecule has 0 aliphatic carbocycles. The maximum atomic E-state index is 11.4. The molecule has 1 atom stereocenters. The number of anilines is 1. The molecule has 1 amide bonds. The molecule has 0 saturated carbocycles. The number of primary amides is 1. The highest BCUT2D eigenvalue weighted by atomic mass is 16.1. The molecule has 2 rings (SSSR count). The highest BCUT2D eigenvalue weighted by Crippen LogP contribution is 2.30. The Bertz CT molecular complexity index is 381. The van der Waals surface area contributed by atoms with Crippen molar-refractivity contribution in [2.45, 2.75) is 19.8 Å². The van der Waals surface area contributed by atoms with Gasteiger partial charge in [-0.25, -0.2) is 9.97 Å². The number of hydrogen-bond donors (Lipinski definition) is 1. The summed E-state index contributed by atoms with van der Waals surface area (Å²) in [5, 5.41) is 0. The predicted molar refractivity (Wildman–Crippen MR) is 60.8 cm³/mol. The molecule has 0 aromatic carbocycles. The van der Waals surface area contributed by atoms with Gasteiger partial charge in [-0.2, -0.15) is 0 Å². The lowest BCUT2D eigenvalue weighted by atomic mass is 9.81. The molecule has 0 bridgehead atoms. The molecule has 1 aliphatic rings. The van der Waals surface area contributed by atoms with Crippen LogP contribution in [0.3, 0.4) is 0 Å². The molecule has 1 aromatic rings. The van der Waals surface area contributed by atoms with Crippen molar-refractivity contribution in [3.63, 3.8) is 0 Å². The van der Waals surface area contributed by atoms with E-state index in [0.717, 1.165) is 19.4 Å². The monoisotopic (exact) mass is 220 g/mol. The Morgan fingerprint density at radius 1 is 1.50 bits per heavy atom. The lowest BCUT2D eigenvalue weighted by Crippen LogP contribution is -2.49. The summed E-state index contributed by atoms with van der Waals surface area (Å²) in [6.07, 6.45) is 5.19. The lowest BCUT2D eigenvalue weighted by Gasteiger charge is -2.38. The van der Waals surface area contributed by atoms with E-state index in [-0.39, 0.29) is 5.91 Å². The van der Waals surface area contributed by atoms with Crippen LogP contribution in [0.25, 0.3) is 0 Å². The third-order valence-electron chi connectivity index (χ3n) is 3.13. The second kappa shape index (κ2) is 4.08. The van der Waals surface area contributed by atoms with E-state index in [9.17, 15) is 4.79 Å². The fourth-order valence-electron chi connectivity index (χ4n) is 2.07. The molecule has 16 heavy (non-hydrogen) atoms. The van der Waals surface area contributed by atoms with Gasteiger partial charge in [0, 0.05) is 25.5 Å². The van der Waals surface area contributed by atoms with E-state index in [2.05, 4.69) is 9.97 Å². The van der Waals surface area contributed by atoms with Gasteiger partial charge in [0.1, 0.15) is 0 Å². The number of amides is 1. The van der Waals surface area contributed by atoms with Crippen LogP contribution in [0.15, 0.2) is 18.5 Å². The van der Waals surface area contributed by atoms with Crippen molar-refractivity contribution in [3.05, 3.63) is 18.5 Å². The highest BCUT2D eigenvalue weighted by molar-refractivity contribution is 5.81. The number of carbonyl (C=O) groups excluding carboxylic acids is 1. The SMILES string of the molecule is C[C@@]1(C(N)=O)CCCN(c2ncccn2)C1. The molecule has 2 heterocycles. The van der Waals surface area contributed by atoms with Crippen molar-refractivity contribution in [2.75, 3.05) is 18.0 Å². The maximum Gasteiger partial charge on any atom is 0.225 e. The zero-order chi connectivity index (χ0) is 11.6. The van der Waals surface area contributed by atoms with Crippen LogP contribution in [0.5, 0.6) is 0 Å². The Hall–Kier alpha value is -1.65. The second-order valence-electron chi connectivity index (χ2n) is 4.50. The summed E-state index contributed by atoms with van der Waals surface area (Å²) in [7, 11) is 0. The van der Waals surface area contributed by atoms with Crippen molar-refractivity contribution < 1.29 is 4.79 Å². The van der Waals surface area contributed by atoms with Crippen LogP contribution in [0.1, 0.15) is 19.8 Å². The van der Waals surface area contributed by atoms with E-state index in [1.165, 1.54) is 0 Å². The molecule has 1 aliphatic heterocycles. The van der Waals surface area contributed by atoms with Gasteiger partial charge in [-0.15, -0.1) is 0 Å². The third-order valence-corrected chi connectivity index (χ3v) is 3.13. The first-order valence-corrected chi connectivity index (χ1v) is 5.44. The van der Waals surface area contributed by atoms with E-state index in [4.69, 9.17) is 5.73 Å². The fourth-order valence-corrected chi connectivity index (χ4v) is 2.07. The molecule has 2 N–H and O–H groups in total. The predicted octanol–water partition coefficient (Wildman–Crippen LogP) is 0.568. The first-order valence-electron chi connectivity index (χ1n) is 5.44. The Kier molecular flexibility index (Phi) is 2.77. The van der Waals surface area contributed by atoms with Crippen LogP contribution in [-0.2, 0) is 4.79 Å². The van der Waals surface area contributed by atoms with Crippen LogP contribution in [0.4, 0.5) is 5.95 Å². The summed E-state index contributed by atoms with van der Waals surface area (Å²) in [5.74, 6) is 0.433. The summed E-state index contributed by atoms with van der Waals surface area (Å²) in [5.41, 5.74) is 4.97. The zero-order valence-electron chi connectivity index (χ0n) is 9.39. The number of carbonyl (C=O) groups is 1. The van der Waals surface area contributed by atoms with E-state index in [1.54, 1.807) is 18.5 Å². The van der Waals surface area contributed by atoms with Crippen LogP contribution in [0.2, 0.25) is 0 Å². The van der Waals surface area contributed by atoms with Crippen LogP contribution in [0, 0.1) is 5.41 Å². The Morgan fingerprint density at radius 3 is 2.81 bits per heavy atom. The number of piperidine rings is 1. The smallest absolute Gasteiger partial charge is 0.225 e. The minimum Gasteiger partial charge on any atom is -0.369 e. The van der Waals surface area contributed by atoms with Gasteiger partial charge in [-0.1, -0.05) is 0 Å². The Balaban J connectivity index is 2.17. The van der Waals surface area contributed by atoms with Gasteiger partial charge < -0.3 is 10.6 Å². The summed E-state index contributed by atoms with van der Waals surface area (Å²) >= 11 is 0. The fraction of sp³-hybridized carbons (Fsp3) is 0.545. The molecule has 5 heteroatoms. The molecule has 0 spiro atoms. The molecular weight excluding hydrogens is 204 g/mol. The Morgan fingerprint density at radius 2 is 2.19 bits per heavy atom. The van der Waals surface area contributed by atoms with Gasteiger partial charge >= 0.3 is 0 Å². The standard InChI is InChI=1S/C11H16N4O/c1-11(9(12)16)4-2-7-15(8-11)10-13-5-3-6-14-10/h3,5-6H,2,4,7-8H2,1H3,(H2,12,16)/t11-/m1/s1. The highest BCUT2D eigenvalue weighted by Gasteiger charge is 2.36. The molecule has 1 saturated heterocycles. The van der Waals surface area contributed by atoms with Gasteiger partial charge in [-0.05, 0) is 25.8 Å². The normalized spacial score (nSPS) is 25.4. The van der Waals surface area contributed by atoms with Crippen molar-refractivity contribution in [2.24, 2.45) is 11.1 Å². The minimum atomic E-state index is -0.461. The first-order chi connectivity index (χ1) is 7.62. The van der Waals surface area contributed by atoms with Gasteiger partial charge in [0.15, 0.2) is 0 Å². The summed E-state index contributed by atoms with van der Waals surface area (Å²) < 4.78 is 0. The molecule has 1 fully saturated rings. The number of nitrogens with two attached hydrogens (primary N) is 1.